The molecule has 0 bridgehead atoms. The second-order valence-electron chi connectivity index (χ2n) is 10.5. The van der Waals surface area contributed by atoms with Gasteiger partial charge < -0.3 is 15.0 Å². The van der Waals surface area contributed by atoms with Gasteiger partial charge in [0.05, 0.1) is 33.8 Å². The maximum Gasteiger partial charge on any atom is 0.335 e. The highest BCUT2D eigenvalue weighted by atomic mass is 16.4. The van der Waals surface area contributed by atoms with Crippen LogP contribution in [-0.2, 0) is 6.54 Å². The van der Waals surface area contributed by atoms with Gasteiger partial charge in [-0.3, -0.25) is 9.97 Å². The first kappa shape index (κ1) is 22.9. The Kier molecular flexibility index (Phi) is 5.39. The molecule has 3 aromatic heterocycles. The van der Waals surface area contributed by atoms with Crippen LogP contribution in [0.15, 0.2) is 54.9 Å². The van der Waals surface area contributed by atoms with Gasteiger partial charge in [0, 0.05) is 47.3 Å². The number of benzene rings is 2. The van der Waals surface area contributed by atoms with Crippen molar-refractivity contribution in [2.24, 2.45) is 0 Å². The Bertz CT molecular complexity index is 1730. The number of carboxylic acids is 1. The topological polar surface area (TPSA) is 92.9 Å². The van der Waals surface area contributed by atoms with Gasteiger partial charge in [-0.25, -0.2) is 9.78 Å². The molecule has 7 rings (SSSR count). The number of carboxylic acid groups (broad SMARTS) is 1. The second kappa shape index (κ2) is 8.94. The first-order valence-corrected chi connectivity index (χ1v) is 13.5. The predicted molar refractivity (Wildman–Crippen MR) is 150 cm³/mol. The molecule has 2 N–H and O–H groups in total. The van der Waals surface area contributed by atoms with Crippen LogP contribution in [0, 0.1) is 6.92 Å². The van der Waals surface area contributed by atoms with Crippen LogP contribution in [0.25, 0.3) is 44.5 Å². The molecule has 0 saturated heterocycles. The zero-order valence-electron chi connectivity index (χ0n) is 21.4. The highest BCUT2D eigenvalue weighted by molar-refractivity contribution is 6.05. The number of carbonyl (C=O) groups is 1. The Morgan fingerprint density at radius 2 is 1.82 bits per heavy atom. The van der Waals surface area contributed by atoms with Crippen molar-refractivity contribution in [2.75, 3.05) is 11.9 Å². The molecule has 1 aliphatic carbocycles. The number of hydrogen-bond acceptors (Lipinski definition) is 5. The van der Waals surface area contributed by atoms with Crippen molar-refractivity contribution in [2.45, 2.75) is 51.5 Å². The van der Waals surface area contributed by atoms with Gasteiger partial charge in [-0.2, -0.15) is 0 Å². The number of anilines is 1. The lowest BCUT2D eigenvalue weighted by Crippen LogP contribution is -2.08. The summed E-state index contributed by atoms with van der Waals surface area (Å²) < 4.78 is 2.35. The third kappa shape index (κ3) is 3.56. The van der Waals surface area contributed by atoms with E-state index in [1.165, 1.54) is 48.7 Å². The van der Waals surface area contributed by atoms with Crippen LogP contribution in [0.2, 0.25) is 0 Å². The van der Waals surface area contributed by atoms with E-state index in [2.05, 4.69) is 38.1 Å². The summed E-state index contributed by atoms with van der Waals surface area (Å²) in [4.78, 5) is 25.7. The molecular formula is C31H29N5O2. The summed E-state index contributed by atoms with van der Waals surface area (Å²) in [5.74, 6) is -0.417. The standard InChI is InChI=1S/C31H29N5O2/c1-18-28(33-14-13-32-18)25-12-9-21-24(35-25)11-10-23-29(21)34-15-16-36-26-17-20(31(37)38)7-8-22(26)27(30(23)36)19-5-3-2-4-6-19/h7-14,17,19,34H,2-6,15-16H2,1H3,(H,37,38). The highest BCUT2D eigenvalue weighted by Gasteiger charge is 2.29. The van der Waals surface area contributed by atoms with Gasteiger partial charge in [0.25, 0.3) is 0 Å². The van der Waals surface area contributed by atoms with Gasteiger partial charge in [-0.05, 0) is 67.6 Å². The molecule has 1 fully saturated rings. The predicted octanol–water partition coefficient (Wildman–Crippen LogP) is 6.79. The molecule has 1 saturated carbocycles. The summed E-state index contributed by atoms with van der Waals surface area (Å²) in [6.07, 6.45) is 9.51. The van der Waals surface area contributed by atoms with E-state index in [9.17, 15) is 9.90 Å². The third-order valence-corrected chi connectivity index (χ3v) is 8.25. The Morgan fingerprint density at radius 3 is 2.63 bits per heavy atom. The zero-order valence-corrected chi connectivity index (χ0v) is 21.4. The molecule has 0 radical (unpaired) electrons. The number of nitrogens with zero attached hydrogens (tertiary/aromatic N) is 4. The van der Waals surface area contributed by atoms with E-state index in [0.717, 1.165) is 57.8 Å². The molecule has 1 aliphatic heterocycles. The third-order valence-electron chi connectivity index (χ3n) is 8.25. The Morgan fingerprint density at radius 1 is 1.00 bits per heavy atom. The normalized spacial score (nSPS) is 15.6. The Labute approximate surface area is 220 Å². The smallest absolute Gasteiger partial charge is 0.335 e. The van der Waals surface area contributed by atoms with Crippen molar-refractivity contribution < 1.29 is 9.90 Å². The minimum absolute atomic E-state index is 0.333. The average molecular weight is 504 g/mol. The molecule has 0 spiro atoms. The number of nitrogens with one attached hydrogen (secondary N) is 1. The van der Waals surface area contributed by atoms with Crippen molar-refractivity contribution in [3.63, 3.8) is 0 Å². The Balaban J connectivity index is 1.47. The monoisotopic (exact) mass is 503 g/mol. The molecule has 5 aromatic rings. The van der Waals surface area contributed by atoms with Gasteiger partial charge in [0.2, 0.25) is 0 Å². The number of rotatable bonds is 3. The first-order valence-electron chi connectivity index (χ1n) is 13.5. The first-order chi connectivity index (χ1) is 18.6. The SMILES string of the molecule is Cc1nccnc1-c1ccc2c3c(ccc2n1)-c1c(C2CCCCC2)c2ccc(C(=O)O)cc2n1CCN3. The molecule has 190 valence electrons. The van der Waals surface area contributed by atoms with Crippen LogP contribution >= 0.6 is 0 Å². The summed E-state index contributed by atoms with van der Waals surface area (Å²) in [5.41, 5.74) is 9.59. The Hall–Kier alpha value is -4.26. The van der Waals surface area contributed by atoms with Crippen LogP contribution in [0.3, 0.4) is 0 Å². The molecule has 7 nitrogen and oxygen atoms in total. The number of aryl methyl sites for hydroxylation is 1. The number of aromatic carboxylic acids is 1. The van der Waals surface area contributed by atoms with Gasteiger partial charge >= 0.3 is 5.97 Å². The van der Waals surface area contributed by atoms with Crippen molar-refractivity contribution in [3.8, 4) is 22.6 Å². The van der Waals surface area contributed by atoms with E-state index >= 15 is 0 Å². The van der Waals surface area contributed by atoms with Crippen molar-refractivity contribution in [3.05, 3.63) is 71.7 Å². The molecule has 0 amide bonds. The maximum absolute atomic E-state index is 11.8. The molecule has 4 heterocycles. The minimum Gasteiger partial charge on any atom is -0.478 e. The molecule has 38 heavy (non-hydrogen) atoms. The van der Waals surface area contributed by atoms with E-state index in [4.69, 9.17) is 4.98 Å². The van der Waals surface area contributed by atoms with Crippen molar-refractivity contribution in [1.29, 1.82) is 0 Å². The highest BCUT2D eigenvalue weighted by Crippen LogP contribution is 2.48. The molecule has 2 aliphatic rings. The number of fused-ring (bicyclic) bond motifs is 7. The number of aromatic nitrogens is 4. The fourth-order valence-corrected chi connectivity index (χ4v) is 6.51. The van der Waals surface area contributed by atoms with Gasteiger partial charge in [0.1, 0.15) is 5.69 Å². The molecule has 0 unspecified atom stereocenters. The van der Waals surface area contributed by atoms with Crippen LogP contribution in [0.1, 0.15) is 59.6 Å². The summed E-state index contributed by atoms with van der Waals surface area (Å²) >= 11 is 0. The largest absolute Gasteiger partial charge is 0.478 e. The van der Waals surface area contributed by atoms with Gasteiger partial charge in [-0.15, -0.1) is 0 Å². The van der Waals surface area contributed by atoms with E-state index in [-0.39, 0.29) is 0 Å². The summed E-state index contributed by atoms with van der Waals surface area (Å²) in [6.45, 7) is 3.46. The lowest BCUT2D eigenvalue weighted by atomic mass is 9.81. The molecule has 2 aromatic carbocycles. The van der Waals surface area contributed by atoms with E-state index in [1.54, 1.807) is 18.5 Å². The fraction of sp³-hybridized carbons (Fsp3) is 0.290. The summed E-state index contributed by atoms with van der Waals surface area (Å²) in [7, 11) is 0. The number of pyridine rings is 1. The van der Waals surface area contributed by atoms with Crippen LogP contribution < -0.4 is 5.32 Å². The zero-order chi connectivity index (χ0) is 25.8. The van der Waals surface area contributed by atoms with E-state index < -0.39 is 5.97 Å². The summed E-state index contributed by atoms with van der Waals surface area (Å²) in [5, 5.41) is 15.7. The molecule has 0 atom stereocenters. The molecular weight excluding hydrogens is 474 g/mol. The second-order valence-corrected chi connectivity index (χ2v) is 10.5. The van der Waals surface area contributed by atoms with E-state index in [1.807, 2.05) is 25.1 Å². The van der Waals surface area contributed by atoms with Crippen molar-refractivity contribution in [1.82, 2.24) is 19.5 Å². The molecule has 7 heteroatoms. The average Bonchev–Trinajstić information content (AvgIpc) is 3.13. The quantitative estimate of drug-likeness (QED) is 0.281. The van der Waals surface area contributed by atoms with Crippen molar-refractivity contribution >= 4 is 33.5 Å². The number of hydrogen-bond donors (Lipinski definition) is 2. The maximum atomic E-state index is 11.8. The van der Waals surface area contributed by atoms with Gasteiger partial charge in [0.15, 0.2) is 0 Å². The lowest BCUT2D eigenvalue weighted by Gasteiger charge is -2.24. The fourth-order valence-electron chi connectivity index (χ4n) is 6.51. The van der Waals surface area contributed by atoms with Crippen LogP contribution in [0.5, 0.6) is 0 Å². The van der Waals surface area contributed by atoms with Crippen LogP contribution in [-0.4, -0.2) is 37.1 Å². The summed E-state index contributed by atoms with van der Waals surface area (Å²) in [6, 6.07) is 14.1. The lowest BCUT2D eigenvalue weighted by molar-refractivity contribution is 0.0697. The van der Waals surface area contributed by atoms with Crippen LogP contribution in [0.4, 0.5) is 5.69 Å². The van der Waals surface area contributed by atoms with E-state index in [0.29, 0.717) is 11.5 Å². The van der Waals surface area contributed by atoms with Gasteiger partial charge in [-0.1, -0.05) is 25.3 Å². The minimum atomic E-state index is -0.889.